The van der Waals surface area contributed by atoms with Crippen LogP contribution in [0.25, 0.3) is 0 Å². The van der Waals surface area contributed by atoms with Gasteiger partial charge in [0.05, 0.1) is 19.3 Å². The van der Waals surface area contributed by atoms with Crippen molar-refractivity contribution in [2.24, 2.45) is 0 Å². The Bertz CT molecular complexity index is 748. The lowest BCUT2D eigenvalue weighted by molar-refractivity contribution is -0.115. The monoisotopic (exact) mass is 344 g/mol. The summed E-state index contributed by atoms with van der Waals surface area (Å²) in [6.45, 7) is 2.46. The topological polar surface area (TPSA) is 41.6 Å². The second-order valence-corrected chi connectivity index (χ2v) is 6.47. The quantitative estimate of drug-likeness (QED) is 0.906. The van der Waals surface area contributed by atoms with Crippen LogP contribution in [0.15, 0.2) is 42.5 Å². The van der Waals surface area contributed by atoms with Gasteiger partial charge in [-0.05, 0) is 49.6 Å². The van der Waals surface area contributed by atoms with Crippen LogP contribution in [0.5, 0.6) is 5.75 Å². The highest BCUT2D eigenvalue weighted by Crippen LogP contribution is 2.31. The van der Waals surface area contributed by atoms with Crippen LogP contribution in [-0.4, -0.2) is 25.6 Å². The van der Waals surface area contributed by atoms with Gasteiger partial charge in [0.2, 0.25) is 5.91 Å². The Balaban J connectivity index is 1.77. The predicted octanol–water partition coefficient (Wildman–Crippen LogP) is 4.13. The SMILES string of the molecule is COc1ccc(Cl)cc1NC(=O)CN1c2ccccc2CCC1C. The molecule has 1 amide bonds. The summed E-state index contributed by atoms with van der Waals surface area (Å²) in [6, 6.07) is 13.8. The lowest BCUT2D eigenvalue weighted by Crippen LogP contribution is -2.42. The number of fused-ring (bicyclic) bond motifs is 1. The number of hydrogen-bond acceptors (Lipinski definition) is 3. The molecule has 0 radical (unpaired) electrons. The summed E-state index contributed by atoms with van der Waals surface area (Å²) >= 11 is 6.02. The zero-order valence-corrected chi connectivity index (χ0v) is 14.6. The van der Waals surface area contributed by atoms with E-state index in [0.29, 0.717) is 29.0 Å². The van der Waals surface area contributed by atoms with E-state index in [9.17, 15) is 4.79 Å². The maximum atomic E-state index is 12.6. The number of para-hydroxylation sites is 1. The normalized spacial score (nSPS) is 16.5. The van der Waals surface area contributed by atoms with Crippen molar-refractivity contribution in [3.63, 3.8) is 0 Å². The Hall–Kier alpha value is -2.20. The van der Waals surface area contributed by atoms with Crippen LogP contribution < -0.4 is 15.0 Å². The van der Waals surface area contributed by atoms with Gasteiger partial charge >= 0.3 is 0 Å². The van der Waals surface area contributed by atoms with Crippen molar-refractivity contribution in [1.29, 1.82) is 0 Å². The molecule has 4 nitrogen and oxygen atoms in total. The van der Waals surface area contributed by atoms with Crippen molar-refractivity contribution >= 4 is 28.9 Å². The van der Waals surface area contributed by atoms with Gasteiger partial charge in [0, 0.05) is 16.8 Å². The number of nitrogens with zero attached hydrogens (tertiary/aromatic N) is 1. The lowest BCUT2D eigenvalue weighted by atomic mass is 9.96. The molecule has 0 bridgehead atoms. The summed E-state index contributed by atoms with van der Waals surface area (Å²) in [5.41, 5.74) is 3.03. The molecular formula is C19H21ClN2O2. The highest BCUT2D eigenvalue weighted by Gasteiger charge is 2.24. The number of carbonyl (C=O) groups excluding carboxylic acids is 1. The molecule has 24 heavy (non-hydrogen) atoms. The number of anilines is 2. The fraction of sp³-hybridized carbons (Fsp3) is 0.316. The van der Waals surface area contributed by atoms with Crippen molar-refractivity contribution in [1.82, 2.24) is 0 Å². The molecule has 0 aromatic heterocycles. The summed E-state index contributed by atoms with van der Waals surface area (Å²) in [7, 11) is 1.57. The van der Waals surface area contributed by atoms with E-state index >= 15 is 0 Å². The Labute approximate surface area is 147 Å². The fourth-order valence-corrected chi connectivity index (χ4v) is 3.30. The Morgan fingerprint density at radius 3 is 2.92 bits per heavy atom. The van der Waals surface area contributed by atoms with Crippen LogP contribution in [0.3, 0.4) is 0 Å². The van der Waals surface area contributed by atoms with Gasteiger partial charge in [-0.15, -0.1) is 0 Å². The molecule has 0 spiro atoms. The molecule has 0 saturated heterocycles. The van der Waals surface area contributed by atoms with Crippen LogP contribution in [0, 0.1) is 0 Å². The van der Waals surface area contributed by atoms with E-state index in [0.717, 1.165) is 18.5 Å². The average Bonchev–Trinajstić information content (AvgIpc) is 2.58. The molecule has 126 valence electrons. The summed E-state index contributed by atoms with van der Waals surface area (Å²) in [6.07, 6.45) is 2.10. The van der Waals surface area contributed by atoms with Gasteiger partial charge in [-0.3, -0.25) is 4.79 Å². The van der Waals surface area contributed by atoms with E-state index in [2.05, 4.69) is 29.3 Å². The molecule has 1 aliphatic rings. The van der Waals surface area contributed by atoms with E-state index in [1.54, 1.807) is 25.3 Å². The molecule has 1 N–H and O–H groups in total. The molecule has 0 aliphatic carbocycles. The van der Waals surface area contributed by atoms with E-state index in [4.69, 9.17) is 16.3 Å². The summed E-state index contributed by atoms with van der Waals surface area (Å²) in [5, 5.41) is 3.47. The first-order valence-electron chi connectivity index (χ1n) is 8.06. The smallest absolute Gasteiger partial charge is 0.244 e. The number of benzene rings is 2. The zero-order chi connectivity index (χ0) is 17.1. The number of ether oxygens (including phenoxy) is 1. The second kappa shape index (κ2) is 7.14. The number of nitrogens with one attached hydrogen (secondary N) is 1. The highest BCUT2D eigenvalue weighted by molar-refractivity contribution is 6.31. The minimum absolute atomic E-state index is 0.0841. The maximum Gasteiger partial charge on any atom is 0.244 e. The molecular weight excluding hydrogens is 324 g/mol. The van der Waals surface area contributed by atoms with Crippen molar-refractivity contribution < 1.29 is 9.53 Å². The number of rotatable bonds is 4. The molecule has 2 aromatic rings. The zero-order valence-electron chi connectivity index (χ0n) is 13.9. The summed E-state index contributed by atoms with van der Waals surface area (Å²) < 4.78 is 5.28. The van der Waals surface area contributed by atoms with Gasteiger partial charge in [0.25, 0.3) is 0 Å². The van der Waals surface area contributed by atoms with Crippen LogP contribution in [-0.2, 0) is 11.2 Å². The number of halogens is 1. The third-order valence-corrected chi connectivity index (χ3v) is 4.65. The third-order valence-electron chi connectivity index (χ3n) is 4.41. The highest BCUT2D eigenvalue weighted by atomic mass is 35.5. The number of methoxy groups -OCH3 is 1. The van der Waals surface area contributed by atoms with Gasteiger partial charge < -0.3 is 15.0 Å². The molecule has 0 fully saturated rings. The molecule has 0 saturated carbocycles. The Morgan fingerprint density at radius 1 is 1.33 bits per heavy atom. The van der Waals surface area contributed by atoms with Crippen molar-refractivity contribution in [3.05, 3.63) is 53.1 Å². The molecule has 2 aromatic carbocycles. The molecule has 1 aliphatic heterocycles. The van der Waals surface area contributed by atoms with Crippen LogP contribution in [0.4, 0.5) is 11.4 Å². The van der Waals surface area contributed by atoms with Crippen molar-refractivity contribution in [2.75, 3.05) is 23.9 Å². The molecule has 1 atom stereocenters. The Morgan fingerprint density at radius 2 is 2.12 bits per heavy atom. The van der Waals surface area contributed by atoms with Gasteiger partial charge in [-0.25, -0.2) is 0 Å². The van der Waals surface area contributed by atoms with E-state index < -0.39 is 0 Å². The van der Waals surface area contributed by atoms with Crippen LogP contribution in [0.2, 0.25) is 5.02 Å². The summed E-state index contributed by atoms with van der Waals surface area (Å²) in [4.78, 5) is 14.7. The molecule has 1 heterocycles. The van der Waals surface area contributed by atoms with E-state index in [1.165, 1.54) is 5.56 Å². The first kappa shape index (κ1) is 16.7. The van der Waals surface area contributed by atoms with Gasteiger partial charge in [-0.2, -0.15) is 0 Å². The van der Waals surface area contributed by atoms with Crippen LogP contribution >= 0.6 is 11.6 Å². The van der Waals surface area contributed by atoms with Crippen LogP contribution in [0.1, 0.15) is 18.9 Å². The van der Waals surface area contributed by atoms with E-state index in [-0.39, 0.29) is 5.91 Å². The summed E-state index contributed by atoms with van der Waals surface area (Å²) in [5.74, 6) is 0.513. The van der Waals surface area contributed by atoms with E-state index in [1.807, 2.05) is 12.1 Å². The first-order valence-corrected chi connectivity index (χ1v) is 8.44. The number of amides is 1. The Kier molecular flexibility index (Phi) is 4.95. The number of hydrogen-bond donors (Lipinski definition) is 1. The van der Waals surface area contributed by atoms with Gasteiger partial charge in [-0.1, -0.05) is 29.8 Å². The predicted molar refractivity (Wildman–Crippen MR) is 98.2 cm³/mol. The third kappa shape index (κ3) is 3.49. The fourth-order valence-electron chi connectivity index (χ4n) is 3.12. The molecule has 1 unspecified atom stereocenters. The second-order valence-electron chi connectivity index (χ2n) is 6.04. The lowest BCUT2D eigenvalue weighted by Gasteiger charge is -2.36. The number of aryl methyl sites for hydroxylation is 1. The molecule has 3 rings (SSSR count). The first-order chi connectivity index (χ1) is 11.6. The van der Waals surface area contributed by atoms with Gasteiger partial charge in [0.15, 0.2) is 0 Å². The average molecular weight is 345 g/mol. The van der Waals surface area contributed by atoms with Gasteiger partial charge in [0.1, 0.15) is 5.75 Å². The maximum absolute atomic E-state index is 12.6. The van der Waals surface area contributed by atoms with Crippen molar-refractivity contribution in [2.45, 2.75) is 25.8 Å². The number of carbonyl (C=O) groups is 1. The minimum atomic E-state index is -0.0841. The standard InChI is InChI=1S/C19H21ClN2O2/c1-13-7-8-14-5-3-4-6-17(14)22(13)12-19(23)21-16-11-15(20)9-10-18(16)24-2/h3-6,9-11,13H,7-8,12H2,1-2H3,(H,21,23). The van der Waals surface area contributed by atoms with Crippen molar-refractivity contribution in [3.8, 4) is 5.75 Å². The molecule has 5 heteroatoms. The minimum Gasteiger partial charge on any atom is -0.495 e. The largest absolute Gasteiger partial charge is 0.495 e.